The maximum absolute atomic E-state index is 12.1. The van der Waals surface area contributed by atoms with E-state index < -0.39 is 5.60 Å². The molecule has 9 nitrogen and oxygen atoms in total. The maximum atomic E-state index is 12.1. The van der Waals surface area contributed by atoms with Crippen molar-refractivity contribution in [3.63, 3.8) is 0 Å². The van der Waals surface area contributed by atoms with Crippen LogP contribution >= 0.6 is 0 Å². The number of carbonyl (C=O) groups is 1. The smallest absolute Gasteiger partial charge is 0.407 e. The van der Waals surface area contributed by atoms with Gasteiger partial charge in [-0.1, -0.05) is 60.7 Å². The van der Waals surface area contributed by atoms with Crippen LogP contribution in [0.3, 0.4) is 0 Å². The molecule has 9 heteroatoms. The van der Waals surface area contributed by atoms with Crippen molar-refractivity contribution in [2.45, 2.75) is 64.5 Å². The molecule has 2 aromatic heterocycles. The van der Waals surface area contributed by atoms with E-state index >= 15 is 0 Å². The standard InChI is InChI=1S/C37H43N5O4/c1-37(2,3)46-36(43)39-29-18-20-41(21-19-29)31-23-42(24-31)30-14-16-33(38-22-30)32-15-17-34(44-25-27-10-6-4-7-11-27)40-35(32)45-26-28-12-8-5-9-13-28/h4-17,22,29,31H,18-21,23-26H2,1-3H3,(H,39,43). The van der Waals surface area contributed by atoms with Gasteiger partial charge in [0, 0.05) is 44.3 Å². The summed E-state index contributed by atoms with van der Waals surface area (Å²) in [7, 11) is 0. The van der Waals surface area contributed by atoms with E-state index in [4.69, 9.17) is 24.2 Å². The molecule has 1 amide bonds. The van der Waals surface area contributed by atoms with Crippen molar-refractivity contribution in [2.75, 3.05) is 31.1 Å². The second kappa shape index (κ2) is 14.2. The van der Waals surface area contributed by atoms with Crippen molar-refractivity contribution < 1.29 is 19.0 Å². The number of carbonyl (C=O) groups excluding carboxylic acids is 1. The van der Waals surface area contributed by atoms with Crippen LogP contribution in [-0.2, 0) is 18.0 Å². The summed E-state index contributed by atoms with van der Waals surface area (Å²) in [5.74, 6) is 0.992. The topological polar surface area (TPSA) is 89.1 Å². The van der Waals surface area contributed by atoms with Gasteiger partial charge < -0.3 is 24.4 Å². The fourth-order valence-corrected chi connectivity index (χ4v) is 5.78. The Hall–Kier alpha value is -4.63. The summed E-state index contributed by atoms with van der Waals surface area (Å²) in [6, 6.07) is 28.8. The summed E-state index contributed by atoms with van der Waals surface area (Å²) >= 11 is 0. The van der Waals surface area contributed by atoms with E-state index in [-0.39, 0.29) is 12.1 Å². The van der Waals surface area contributed by atoms with Gasteiger partial charge in [0.2, 0.25) is 11.8 Å². The third kappa shape index (κ3) is 8.34. The van der Waals surface area contributed by atoms with E-state index in [1.807, 2.05) is 106 Å². The van der Waals surface area contributed by atoms with Gasteiger partial charge in [-0.05, 0) is 62.9 Å². The highest BCUT2D eigenvalue weighted by Crippen LogP contribution is 2.32. The number of pyridine rings is 2. The van der Waals surface area contributed by atoms with E-state index in [0.717, 1.165) is 67.1 Å². The Morgan fingerprint density at radius 3 is 2.11 bits per heavy atom. The second-order valence-corrected chi connectivity index (χ2v) is 13.0. The molecule has 46 heavy (non-hydrogen) atoms. The van der Waals surface area contributed by atoms with Crippen LogP contribution < -0.4 is 19.7 Å². The Kier molecular flexibility index (Phi) is 9.68. The molecule has 0 unspecified atom stereocenters. The van der Waals surface area contributed by atoms with Gasteiger partial charge in [-0.2, -0.15) is 4.98 Å². The number of hydrogen-bond acceptors (Lipinski definition) is 8. The highest BCUT2D eigenvalue weighted by Gasteiger charge is 2.34. The minimum atomic E-state index is -0.481. The number of piperidine rings is 1. The van der Waals surface area contributed by atoms with E-state index in [2.05, 4.69) is 21.2 Å². The Labute approximate surface area is 271 Å². The number of nitrogens with one attached hydrogen (secondary N) is 1. The summed E-state index contributed by atoms with van der Waals surface area (Å²) in [4.78, 5) is 26.6. The van der Waals surface area contributed by atoms with Gasteiger partial charge >= 0.3 is 6.09 Å². The lowest BCUT2D eigenvalue weighted by molar-refractivity contribution is 0.0462. The first kappa shape index (κ1) is 31.4. The van der Waals surface area contributed by atoms with E-state index in [1.165, 1.54) is 0 Å². The Balaban J connectivity index is 1.05. The lowest BCUT2D eigenvalue weighted by Gasteiger charge is -2.48. The summed E-state index contributed by atoms with van der Waals surface area (Å²) in [5, 5.41) is 3.03. The van der Waals surface area contributed by atoms with E-state index in [9.17, 15) is 4.79 Å². The predicted octanol–water partition coefficient (Wildman–Crippen LogP) is 6.48. The lowest BCUT2D eigenvalue weighted by atomic mass is 9.99. The van der Waals surface area contributed by atoms with Crippen LogP contribution in [0, 0.1) is 0 Å². The second-order valence-electron chi connectivity index (χ2n) is 13.0. The van der Waals surface area contributed by atoms with Gasteiger partial charge in [0.1, 0.15) is 18.8 Å². The van der Waals surface area contributed by atoms with Crippen LogP contribution in [0.15, 0.2) is 91.1 Å². The molecule has 4 aromatic rings. The van der Waals surface area contributed by atoms with Gasteiger partial charge in [-0.15, -0.1) is 0 Å². The quantitative estimate of drug-likeness (QED) is 0.215. The Morgan fingerprint density at radius 2 is 1.50 bits per heavy atom. The minimum Gasteiger partial charge on any atom is -0.473 e. The van der Waals surface area contributed by atoms with Crippen LogP contribution in [0.4, 0.5) is 10.5 Å². The molecule has 0 saturated carbocycles. The number of nitrogens with zero attached hydrogens (tertiary/aromatic N) is 4. The van der Waals surface area contributed by atoms with Crippen LogP contribution in [0.5, 0.6) is 11.8 Å². The molecular formula is C37H43N5O4. The summed E-state index contributed by atoms with van der Waals surface area (Å²) in [6.45, 7) is 10.4. The lowest BCUT2D eigenvalue weighted by Crippen LogP contribution is -2.62. The molecule has 4 heterocycles. The van der Waals surface area contributed by atoms with Gasteiger partial charge in [-0.3, -0.25) is 9.88 Å². The molecule has 0 aliphatic carbocycles. The summed E-state index contributed by atoms with van der Waals surface area (Å²) in [6.07, 6.45) is 3.48. The van der Waals surface area contributed by atoms with Crippen molar-refractivity contribution in [3.8, 4) is 23.0 Å². The van der Waals surface area contributed by atoms with E-state index in [1.54, 1.807) is 0 Å². The average molecular weight is 622 g/mol. The van der Waals surface area contributed by atoms with Crippen LogP contribution in [0.25, 0.3) is 11.3 Å². The van der Waals surface area contributed by atoms with Gasteiger partial charge in [-0.25, -0.2) is 4.79 Å². The van der Waals surface area contributed by atoms with Crippen molar-refractivity contribution >= 4 is 11.8 Å². The van der Waals surface area contributed by atoms with Crippen molar-refractivity contribution in [3.05, 3.63) is 102 Å². The molecule has 1 N–H and O–H groups in total. The Bertz CT molecular complexity index is 1560. The number of aromatic nitrogens is 2. The van der Waals surface area contributed by atoms with Crippen molar-refractivity contribution in [1.82, 2.24) is 20.2 Å². The first-order valence-corrected chi connectivity index (χ1v) is 16.1. The SMILES string of the molecule is CC(C)(C)OC(=O)NC1CCN(C2CN(c3ccc(-c4ccc(OCc5ccccc5)nc4OCc4ccccc4)nc3)C2)CC1. The van der Waals surface area contributed by atoms with Crippen LogP contribution in [0.1, 0.15) is 44.7 Å². The molecule has 0 bridgehead atoms. The average Bonchev–Trinajstić information content (AvgIpc) is 3.03. The number of alkyl carbamates (subject to hydrolysis) is 1. The fraction of sp³-hybridized carbons (Fsp3) is 0.378. The maximum Gasteiger partial charge on any atom is 0.407 e. The van der Waals surface area contributed by atoms with Crippen molar-refractivity contribution in [1.29, 1.82) is 0 Å². The number of ether oxygens (including phenoxy) is 3. The normalized spacial score (nSPS) is 16.0. The molecule has 2 aliphatic heterocycles. The number of benzene rings is 2. The monoisotopic (exact) mass is 621 g/mol. The third-order valence-electron chi connectivity index (χ3n) is 8.30. The zero-order chi connectivity index (χ0) is 31.9. The van der Waals surface area contributed by atoms with Gasteiger partial charge in [0.15, 0.2) is 0 Å². The first-order chi connectivity index (χ1) is 22.3. The van der Waals surface area contributed by atoms with E-state index in [0.29, 0.717) is 31.0 Å². The van der Waals surface area contributed by atoms with Crippen molar-refractivity contribution in [2.24, 2.45) is 0 Å². The van der Waals surface area contributed by atoms with Gasteiger partial charge in [0.25, 0.3) is 0 Å². The number of amides is 1. The molecule has 0 atom stereocenters. The molecule has 2 fully saturated rings. The number of anilines is 1. The third-order valence-corrected chi connectivity index (χ3v) is 8.30. The molecule has 6 rings (SSSR count). The zero-order valence-corrected chi connectivity index (χ0v) is 26.9. The molecule has 0 radical (unpaired) electrons. The first-order valence-electron chi connectivity index (χ1n) is 16.1. The molecular weight excluding hydrogens is 578 g/mol. The predicted molar refractivity (Wildman–Crippen MR) is 179 cm³/mol. The number of hydrogen-bond donors (Lipinski definition) is 1. The molecule has 2 saturated heterocycles. The van der Waals surface area contributed by atoms with Gasteiger partial charge in [0.05, 0.1) is 23.1 Å². The van der Waals surface area contributed by atoms with Crippen LogP contribution in [0.2, 0.25) is 0 Å². The minimum absolute atomic E-state index is 0.166. The zero-order valence-electron chi connectivity index (χ0n) is 26.9. The number of rotatable bonds is 10. The van der Waals surface area contributed by atoms with Crippen LogP contribution in [-0.4, -0.2) is 64.8 Å². The number of likely N-dealkylation sites (tertiary alicyclic amines) is 1. The summed E-state index contributed by atoms with van der Waals surface area (Å²) in [5.41, 5.74) is 4.37. The molecule has 2 aliphatic rings. The molecule has 0 spiro atoms. The largest absolute Gasteiger partial charge is 0.473 e. The highest BCUT2D eigenvalue weighted by molar-refractivity contribution is 5.68. The fourth-order valence-electron chi connectivity index (χ4n) is 5.78. The molecule has 240 valence electrons. The highest BCUT2D eigenvalue weighted by atomic mass is 16.6. The Morgan fingerprint density at radius 1 is 0.848 bits per heavy atom. The summed E-state index contributed by atoms with van der Waals surface area (Å²) < 4.78 is 17.7. The molecule has 2 aromatic carbocycles.